The number of aliphatic imine (C=N–C) groups is 1. The molecule has 1 aromatic heterocycles. The summed E-state index contributed by atoms with van der Waals surface area (Å²) in [7, 11) is 1.51. The first kappa shape index (κ1) is 14.6. The number of allylic oxidation sites excluding steroid dienone is 1. The first-order valence-corrected chi connectivity index (χ1v) is 5.97. The van der Waals surface area contributed by atoms with E-state index in [-0.39, 0.29) is 5.54 Å². The highest BCUT2D eigenvalue weighted by atomic mass is 35.5. The van der Waals surface area contributed by atoms with Gasteiger partial charge in [-0.1, -0.05) is 11.6 Å². The Hall–Kier alpha value is -1.49. The van der Waals surface area contributed by atoms with Crippen molar-refractivity contribution in [1.82, 2.24) is 9.55 Å². The molecule has 1 aromatic rings. The molecule has 5 nitrogen and oxygen atoms in total. The molecule has 0 saturated heterocycles. The molecule has 0 saturated carbocycles. The highest BCUT2D eigenvalue weighted by molar-refractivity contribution is 6.30. The van der Waals surface area contributed by atoms with Crippen LogP contribution in [-0.4, -0.2) is 22.6 Å². The van der Waals surface area contributed by atoms with E-state index in [2.05, 4.69) is 9.98 Å². The van der Waals surface area contributed by atoms with Crippen molar-refractivity contribution in [3.8, 4) is 0 Å². The van der Waals surface area contributed by atoms with Gasteiger partial charge >= 0.3 is 0 Å². The number of rotatable bonds is 2. The second kappa shape index (κ2) is 5.44. The van der Waals surface area contributed by atoms with Gasteiger partial charge in [0.05, 0.1) is 13.4 Å². The lowest BCUT2D eigenvalue weighted by Gasteiger charge is -2.22. The average molecular weight is 271 g/mol. The summed E-state index contributed by atoms with van der Waals surface area (Å²) in [6, 6.07) is 0. The number of halogens is 1. The minimum Gasteiger partial charge on any atom is -0.479 e. The Morgan fingerprint density at radius 1 is 1.56 bits per heavy atom. The van der Waals surface area contributed by atoms with Gasteiger partial charge in [0.1, 0.15) is 11.0 Å². The molecule has 0 atom stereocenters. The number of imidazole rings is 1. The normalized spacial score (nSPS) is 13.9. The summed E-state index contributed by atoms with van der Waals surface area (Å²) in [5.74, 6) is 0.808. The maximum Gasteiger partial charge on any atom is 0.244 e. The Labute approximate surface area is 112 Å². The van der Waals surface area contributed by atoms with Crippen LogP contribution < -0.4 is 5.73 Å². The molecule has 0 aliphatic carbocycles. The van der Waals surface area contributed by atoms with Crippen molar-refractivity contribution in [3.63, 3.8) is 0 Å². The van der Waals surface area contributed by atoms with E-state index in [9.17, 15) is 0 Å². The van der Waals surface area contributed by atoms with E-state index < -0.39 is 0 Å². The molecule has 1 rings (SSSR count). The van der Waals surface area contributed by atoms with Gasteiger partial charge < -0.3 is 15.0 Å². The number of hydrogen-bond donors (Lipinski definition) is 1. The van der Waals surface area contributed by atoms with Crippen molar-refractivity contribution in [2.45, 2.75) is 33.2 Å². The lowest BCUT2D eigenvalue weighted by atomic mass is 10.1. The predicted molar refractivity (Wildman–Crippen MR) is 74.8 cm³/mol. The Morgan fingerprint density at radius 2 is 2.17 bits per heavy atom. The van der Waals surface area contributed by atoms with E-state index in [4.69, 9.17) is 22.1 Å². The lowest BCUT2D eigenvalue weighted by molar-refractivity contribution is 0.399. The molecule has 0 unspecified atom stereocenters. The molecular weight excluding hydrogens is 252 g/mol. The van der Waals surface area contributed by atoms with Crippen LogP contribution >= 0.6 is 11.6 Å². The molecule has 0 spiro atoms. The second-order valence-electron chi connectivity index (χ2n) is 4.75. The van der Waals surface area contributed by atoms with Crippen LogP contribution in [0.15, 0.2) is 22.6 Å². The number of aromatic nitrogens is 2. The number of ether oxygens (including phenoxy) is 1. The van der Waals surface area contributed by atoms with Crippen LogP contribution in [0.1, 0.15) is 33.4 Å². The van der Waals surface area contributed by atoms with Crippen LogP contribution in [0.5, 0.6) is 0 Å². The molecule has 0 aliphatic rings. The van der Waals surface area contributed by atoms with E-state index in [1.165, 1.54) is 7.11 Å². The molecule has 0 amide bonds. The number of nitrogen functional groups attached to an aromatic ring is 1. The molecule has 0 fully saturated rings. The van der Waals surface area contributed by atoms with Crippen LogP contribution in [0.2, 0.25) is 0 Å². The van der Waals surface area contributed by atoms with Gasteiger partial charge in [-0.05, 0) is 33.8 Å². The number of nitrogens with two attached hydrogens (primary N) is 1. The molecule has 100 valence electrons. The van der Waals surface area contributed by atoms with Gasteiger partial charge in [-0.15, -0.1) is 0 Å². The zero-order valence-corrected chi connectivity index (χ0v) is 12.1. The van der Waals surface area contributed by atoms with Crippen LogP contribution in [-0.2, 0) is 10.3 Å². The minimum atomic E-state index is -0.154. The van der Waals surface area contributed by atoms with Crippen molar-refractivity contribution in [1.29, 1.82) is 0 Å². The summed E-state index contributed by atoms with van der Waals surface area (Å²) in [6.07, 6.45) is 3.33. The van der Waals surface area contributed by atoms with Crippen LogP contribution in [0.25, 0.3) is 0 Å². The van der Waals surface area contributed by atoms with Crippen LogP contribution in [0, 0.1) is 0 Å². The average Bonchev–Trinajstić information content (AvgIpc) is 2.67. The Kier molecular flexibility index (Phi) is 4.40. The monoisotopic (exact) mass is 270 g/mol. The quantitative estimate of drug-likeness (QED) is 0.510. The fraction of sp³-hybridized carbons (Fsp3) is 0.500. The summed E-state index contributed by atoms with van der Waals surface area (Å²) in [5, 5.41) is 0.330. The van der Waals surface area contributed by atoms with Crippen LogP contribution in [0.4, 0.5) is 5.82 Å². The van der Waals surface area contributed by atoms with Gasteiger partial charge in [-0.2, -0.15) is 4.99 Å². The Balaban J connectivity index is 3.26. The first-order valence-electron chi connectivity index (χ1n) is 5.59. The third kappa shape index (κ3) is 3.04. The number of methoxy groups -OCH3 is 1. The third-order valence-electron chi connectivity index (χ3n) is 2.37. The molecule has 0 aromatic carbocycles. The summed E-state index contributed by atoms with van der Waals surface area (Å²) in [4.78, 5) is 8.34. The molecular formula is C12H19ClN4O. The SMILES string of the molecule is C/C=C(Cl)\N=C(\OC)c1ncn(C(C)(C)C)c1N. The summed E-state index contributed by atoms with van der Waals surface area (Å²) in [6.45, 7) is 7.91. The predicted octanol–water partition coefficient (Wildman–Crippen LogP) is 2.71. The zero-order valence-electron chi connectivity index (χ0n) is 11.4. The number of anilines is 1. The third-order valence-corrected chi connectivity index (χ3v) is 2.67. The Bertz CT molecular complexity index is 483. The van der Waals surface area contributed by atoms with E-state index in [0.29, 0.717) is 22.6 Å². The van der Waals surface area contributed by atoms with Crippen LogP contribution in [0.3, 0.4) is 0 Å². The standard InChI is InChI=1S/C12H19ClN4O/c1-6-8(13)16-11(18-5)9-10(14)17(7-15-9)12(2,3)4/h6-7H,14H2,1-5H3/b8-6-,16-11+. The fourth-order valence-corrected chi connectivity index (χ4v) is 1.49. The highest BCUT2D eigenvalue weighted by Gasteiger charge is 2.21. The summed E-state index contributed by atoms with van der Waals surface area (Å²) >= 11 is 5.86. The lowest BCUT2D eigenvalue weighted by Crippen LogP contribution is -2.23. The molecule has 18 heavy (non-hydrogen) atoms. The molecule has 2 N–H and O–H groups in total. The van der Waals surface area contributed by atoms with Crippen molar-refractivity contribution >= 4 is 23.3 Å². The van der Waals surface area contributed by atoms with Gasteiger partial charge in [0.25, 0.3) is 0 Å². The molecule has 6 heteroatoms. The van der Waals surface area contributed by atoms with Gasteiger partial charge in [0.2, 0.25) is 5.90 Å². The van der Waals surface area contributed by atoms with Gasteiger partial charge in [-0.3, -0.25) is 0 Å². The highest BCUT2D eigenvalue weighted by Crippen LogP contribution is 2.22. The largest absolute Gasteiger partial charge is 0.479 e. The molecule has 0 aliphatic heterocycles. The minimum absolute atomic E-state index is 0.154. The maximum absolute atomic E-state index is 6.06. The second-order valence-corrected chi connectivity index (χ2v) is 5.14. The van der Waals surface area contributed by atoms with E-state index in [0.717, 1.165) is 0 Å². The van der Waals surface area contributed by atoms with Crippen molar-refractivity contribution in [3.05, 3.63) is 23.3 Å². The van der Waals surface area contributed by atoms with E-state index in [1.807, 2.05) is 25.3 Å². The Morgan fingerprint density at radius 3 is 2.56 bits per heavy atom. The molecule has 0 radical (unpaired) electrons. The first-order chi connectivity index (χ1) is 8.31. The van der Waals surface area contributed by atoms with Crippen molar-refractivity contribution in [2.24, 2.45) is 4.99 Å². The maximum atomic E-state index is 6.06. The smallest absolute Gasteiger partial charge is 0.244 e. The van der Waals surface area contributed by atoms with Gasteiger partial charge in [-0.25, -0.2) is 4.98 Å². The molecule has 1 heterocycles. The molecule has 0 bridgehead atoms. The van der Waals surface area contributed by atoms with Crippen molar-refractivity contribution < 1.29 is 4.74 Å². The topological polar surface area (TPSA) is 65.4 Å². The number of hydrogen-bond acceptors (Lipinski definition) is 4. The summed E-state index contributed by atoms with van der Waals surface area (Å²) in [5.41, 5.74) is 6.40. The number of nitrogens with zero attached hydrogens (tertiary/aromatic N) is 3. The van der Waals surface area contributed by atoms with Gasteiger partial charge in [0.15, 0.2) is 5.69 Å². The zero-order chi connectivity index (χ0) is 13.9. The van der Waals surface area contributed by atoms with Gasteiger partial charge in [0, 0.05) is 5.54 Å². The van der Waals surface area contributed by atoms with E-state index >= 15 is 0 Å². The fourth-order valence-electron chi connectivity index (χ4n) is 1.41. The van der Waals surface area contributed by atoms with Crippen molar-refractivity contribution in [2.75, 3.05) is 12.8 Å². The summed E-state index contributed by atoms with van der Waals surface area (Å²) < 4.78 is 7.05. The van der Waals surface area contributed by atoms with E-state index in [1.54, 1.807) is 19.3 Å².